The molecular formula is C23H26N2O2. The second-order valence-corrected chi connectivity index (χ2v) is 7.20. The first-order valence-corrected chi connectivity index (χ1v) is 9.83. The number of ether oxygens (including phenoxy) is 1. The molecule has 27 heavy (non-hydrogen) atoms. The number of benzene rings is 2. The lowest BCUT2D eigenvalue weighted by Crippen LogP contribution is -2.34. The third-order valence-corrected chi connectivity index (χ3v) is 5.28. The SMILES string of the molecule is O=C(Cn1ccc2c(OCc3ccccc3)cccc21)N1CCCCCC1. The highest BCUT2D eigenvalue weighted by Gasteiger charge is 2.17. The summed E-state index contributed by atoms with van der Waals surface area (Å²) in [5, 5.41) is 1.05. The van der Waals surface area contributed by atoms with Gasteiger partial charge in [0.1, 0.15) is 18.9 Å². The zero-order valence-corrected chi connectivity index (χ0v) is 15.6. The van der Waals surface area contributed by atoms with Crippen molar-refractivity contribution >= 4 is 16.8 Å². The Morgan fingerprint density at radius 1 is 0.889 bits per heavy atom. The Morgan fingerprint density at radius 2 is 1.67 bits per heavy atom. The molecule has 0 N–H and O–H groups in total. The Kier molecular flexibility index (Phi) is 5.42. The number of aromatic nitrogens is 1. The number of hydrogen-bond donors (Lipinski definition) is 0. The first-order chi connectivity index (χ1) is 13.3. The van der Waals surface area contributed by atoms with Gasteiger partial charge >= 0.3 is 0 Å². The molecule has 3 aromatic rings. The van der Waals surface area contributed by atoms with E-state index >= 15 is 0 Å². The van der Waals surface area contributed by atoms with Crippen LogP contribution in [0.4, 0.5) is 0 Å². The fraction of sp³-hybridized carbons (Fsp3) is 0.348. The number of carbonyl (C=O) groups is 1. The van der Waals surface area contributed by atoms with Gasteiger partial charge in [0.15, 0.2) is 0 Å². The lowest BCUT2D eigenvalue weighted by molar-refractivity contribution is -0.131. The summed E-state index contributed by atoms with van der Waals surface area (Å²) in [6.07, 6.45) is 6.71. The molecule has 4 nitrogen and oxygen atoms in total. The summed E-state index contributed by atoms with van der Waals surface area (Å²) in [4.78, 5) is 14.8. The monoisotopic (exact) mass is 362 g/mol. The van der Waals surface area contributed by atoms with E-state index in [1.165, 1.54) is 12.8 Å². The first kappa shape index (κ1) is 17.7. The standard InChI is InChI=1S/C23H26N2O2/c26-23(24-14-6-1-2-7-15-24)17-25-16-13-20-21(25)11-8-12-22(20)27-18-19-9-4-3-5-10-19/h3-5,8-13,16H,1-2,6-7,14-15,17-18H2. The fourth-order valence-electron chi connectivity index (χ4n) is 3.76. The van der Waals surface area contributed by atoms with E-state index in [0.717, 1.165) is 48.1 Å². The van der Waals surface area contributed by atoms with Crippen molar-refractivity contribution in [1.29, 1.82) is 0 Å². The van der Waals surface area contributed by atoms with Gasteiger partial charge in [0, 0.05) is 24.7 Å². The van der Waals surface area contributed by atoms with E-state index in [4.69, 9.17) is 4.74 Å². The Hall–Kier alpha value is -2.75. The van der Waals surface area contributed by atoms with Crippen LogP contribution in [-0.4, -0.2) is 28.5 Å². The van der Waals surface area contributed by atoms with Crippen LogP contribution in [0.3, 0.4) is 0 Å². The molecule has 1 saturated heterocycles. The topological polar surface area (TPSA) is 34.5 Å². The van der Waals surface area contributed by atoms with Crippen LogP contribution in [-0.2, 0) is 17.9 Å². The molecule has 1 aromatic heterocycles. The zero-order chi connectivity index (χ0) is 18.5. The zero-order valence-electron chi connectivity index (χ0n) is 15.6. The second kappa shape index (κ2) is 8.30. The maximum atomic E-state index is 12.7. The summed E-state index contributed by atoms with van der Waals surface area (Å²) >= 11 is 0. The maximum Gasteiger partial charge on any atom is 0.242 e. The summed E-state index contributed by atoms with van der Waals surface area (Å²) in [7, 11) is 0. The van der Waals surface area contributed by atoms with Gasteiger partial charge in [-0.1, -0.05) is 49.2 Å². The van der Waals surface area contributed by atoms with Crippen molar-refractivity contribution in [3.63, 3.8) is 0 Å². The molecule has 0 bridgehead atoms. The van der Waals surface area contributed by atoms with Gasteiger partial charge in [-0.3, -0.25) is 4.79 Å². The molecule has 0 aliphatic carbocycles. The van der Waals surface area contributed by atoms with Gasteiger partial charge in [0.2, 0.25) is 5.91 Å². The lowest BCUT2D eigenvalue weighted by atomic mass is 10.2. The molecule has 2 heterocycles. The number of rotatable bonds is 5. The van der Waals surface area contributed by atoms with Crippen molar-refractivity contribution < 1.29 is 9.53 Å². The van der Waals surface area contributed by atoms with Crippen molar-refractivity contribution in [2.75, 3.05) is 13.1 Å². The summed E-state index contributed by atoms with van der Waals surface area (Å²) in [5.41, 5.74) is 2.19. The second-order valence-electron chi connectivity index (χ2n) is 7.20. The Balaban J connectivity index is 1.49. The third-order valence-electron chi connectivity index (χ3n) is 5.28. The van der Waals surface area contributed by atoms with Gasteiger partial charge in [0.05, 0.1) is 5.52 Å². The van der Waals surface area contributed by atoms with Gasteiger partial charge in [-0.05, 0) is 36.6 Å². The van der Waals surface area contributed by atoms with Crippen LogP contribution >= 0.6 is 0 Å². The van der Waals surface area contributed by atoms with Gasteiger partial charge in [0.25, 0.3) is 0 Å². The fourth-order valence-corrected chi connectivity index (χ4v) is 3.76. The van der Waals surface area contributed by atoms with E-state index in [9.17, 15) is 4.79 Å². The maximum absolute atomic E-state index is 12.7. The molecule has 140 valence electrons. The van der Waals surface area contributed by atoms with E-state index < -0.39 is 0 Å². The van der Waals surface area contributed by atoms with Gasteiger partial charge in [-0.15, -0.1) is 0 Å². The van der Waals surface area contributed by atoms with Crippen LogP contribution < -0.4 is 4.74 Å². The van der Waals surface area contributed by atoms with E-state index in [-0.39, 0.29) is 5.91 Å². The number of nitrogens with zero attached hydrogens (tertiary/aromatic N) is 2. The Bertz CT molecular complexity index is 893. The van der Waals surface area contributed by atoms with Gasteiger partial charge in [-0.2, -0.15) is 0 Å². The highest BCUT2D eigenvalue weighted by atomic mass is 16.5. The molecule has 1 aliphatic heterocycles. The summed E-state index contributed by atoms with van der Waals surface area (Å²) in [6, 6.07) is 18.3. The average molecular weight is 362 g/mol. The molecule has 2 aromatic carbocycles. The van der Waals surface area contributed by atoms with Crippen LogP contribution in [0.15, 0.2) is 60.8 Å². The van der Waals surface area contributed by atoms with Crippen molar-refractivity contribution in [2.24, 2.45) is 0 Å². The number of fused-ring (bicyclic) bond motifs is 1. The molecule has 0 unspecified atom stereocenters. The third kappa shape index (κ3) is 4.16. The highest BCUT2D eigenvalue weighted by molar-refractivity contribution is 5.88. The molecule has 1 amide bonds. The normalized spacial score (nSPS) is 14.9. The smallest absolute Gasteiger partial charge is 0.242 e. The molecule has 0 atom stereocenters. The number of amides is 1. The first-order valence-electron chi connectivity index (χ1n) is 9.83. The molecular weight excluding hydrogens is 336 g/mol. The highest BCUT2D eigenvalue weighted by Crippen LogP contribution is 2.27. The molecule has 0 radical (unpaired) electrons. The van der Waals surface area contributed by atoms with Crippen molar-refractivity contribution in [3.8, 4) is 5.75 Å². The van der Waals surface area contributed by atoms with Gasteiger partial charge in [-0.25, -0.2) is 0 Å². The molecule has 0 saturated carbocycles. The molecule has 0 spiro atoms. The molecule has 4 heteroatoms. The largest absolute Gasteiger partial charge is 0.488 e. The van der Waals surface area contributed by atoms with Crippen LogP contribution in [0.1, 0.15) is 31.2 Å². The van der Waals surface area contributed by atoms with Gasteiger partial charge < -0.3 is 14.2 Å². The van der Waals surface area contributed by atoms with Crippen LogP contribution in [0.5, 0.6) is 5.75 Å². The lowest BCUT2D eigenvalue weighted by Gasteiger charge is -2.20. The molecule has 1 aliphatic rings. The molecule has 4 rings (SSSR count). The van der Waals surface area contributed by atoms with E-state index in [0.29, 0.717) is 13.2 Å². The minimum Gasteiger partial charge on any atom is -0.488 e. The average Bonchev–Trinajstić information content (AvgIpc) is 2.93. The van der Waals surface area contributed by atoms with Crippen molar-refractivity contribution in [3.05, 3.63) is 66.4 Å². The number of hydrogen-bond acceptors (Lipinski definition) is 2. The Labute approximate surface area is 160 Å². The van der Waals surface area contributed by atoms with Crippen LogP contribution in [0, 0.1) is 0 Å². The quantitative estimate of drug-likeness (QED) is 0.663. The summed E-state index contributed by atoms with van der Waals surface area (Å²) < 4.78 is 8.09. The number of carbonyl (C=O) groups excluding carboxylic acids is 1. The predicted molar refractivity (Wildman–Crippen MR) is 108 cm³/mol. The minimum atomic E-state index is 0.213. The van der Waals surface area contributed by atoms with E-state index in [2.05, 4.69) is 18.2 Å². The Morgan fingerprint density at radius 3 is 2.44 bits per heavy atom. The molecule has 1 fully saturated rings. The number of likely N-dealkylation sites (tertiary alicyclic amines) is 1. The van der Waals surface area contributed by atoms with Crippen molar-refractivity contribution in [2.45, 2.75) is 38.8 Å². The minimum absolute atomic E-state index is 0.213. The van der Waals surface area contributed by atoms with Crippen molar-refractivity contribution in [1.82, 2.24) is 9.47 Å². The summed E-state index contributed by atoms with van der Waals surface area (Å²) in [6.45, 7) is 2.72. The van der Waals surface area contributed by atoms with E-state index in [1.54, 1.807) is 0 Å². The summed E-state index contributed by atoms with van der Waals surface area (Å²) in [5.74, 6) is 1.07. The van der Waals surface area contributed by atoms with Crippen LogP contribution in [0.2, 0.25) is 0 Å². The van der Waals surface area contributed by atoms with E-state index in [1.807, 2.05) is 52.1 Å². The predicted octanol–water partition coefficient (Wildman–Crippen LogP) is 4.62. The van der Waals surface area contributed by atoms with Crippen LogP contribution in [0.25, 0.3) is 10.9 Å².